The van der Waals surface area contributed by atoms with Gasteiger partial charge in [-0.05, 0) is 0 Å². The van der Waals surface area contributed by atoms with Gasteiger partial charge < -0.3 is 135 Å². The first-order valence-corrected chi connectivity index (χ1v) is 22.4. The van der Waals surface area contributed by atoms with Gasteiger partial charge >= 0.3 is 0 Å². The monoisotopic (exact) mass is 1020 g/mol. The number of amides is 1. The van der Waals surface area contributed by atoms with Crippen LogP contribution in [-0.2, 0) is 52.2 Å². The summed E-state index contributed by atoms with van der Waals surface area (Å²) >= 11 is 0. The highest BCUT2D eigenvalue weighted by Gasteiger charge is 2.21. The molecule has 0 aliphatic carbocycles. The lowest BCUT2D eigenvalue weighted by Gasteiger charge is -2.20. The Labute approximate surface area is 401 Å². The highest BCUT2D eigenvalue weighted by Crippen LogP contribution is 2.01. The van der Waals surface area contributed by atoms with Crippen LogP contribution in [0.4, 0.5) is 0 Å². The molecular formula is C40H83N3O26. The topological polar surface area (TPSA) is 463 Å². The Morgan fingerprint density at radius 2 is 0.536 bits per heavy atom. The number of hydrogen-bond acceptors (Lipinski definition) is 28. The minimum atomic E-state index is -1.30. The highest BCUT2D eigenvalue weighted by atomic mass is 16.6. The molecule has 0 rings (SSSR count). The lowest BCUT2D eigenvalue weighted by atomic mass is 10.1. The van der Waals surface area contributed by atoms with E-state index in [1.54, 1.807) is 0 Å². The van der Waals surface area contributed by atoms with E-state index in [1.165, 1.54) is 0 Å². The number of aliphatic hydroxyl groups is 15. The molecule has 1 amide bonds. The molecule has 0 saturated heterocycles. The molecule has 69 heavy (non-hydrogen) atoms. The third-order valence-corrected chi connectivity index (χ3v) is 8.54. The number of hydrogen-bond donors (Lipinski definition) is 18. The normalized spacial score (nSPS) is 18.3. The molecule has 0 saturated carbocycles. The second kappa shape index (κ2) is 43.9. The number of rotatable bonds is 50. The maximum absolute atomic E-state index is 12.4. The molecule has 0 aliphatic heterocycles. The number of carbonyl (C=O) groups is 1. The molecule has 0 fully saturated rings. The second-order valence-electron chi connectivity index (χ2n) is 16.1. The van der Waals surface area contributed by atoms with Crippen LogP contribution in [0.3, 0.4) is 0 Å². The van der Waals surface area contributed by atoms with E-state index in [9.17, 15) is 71.2 Å². The van der Waals surface area contributed by atoms with Crippen molar-refractivity contribution in [1.82, 2.24) is 10.6 Å². The van der Waals surface area contributed by atoms with Gasteiger partial charge in [-0.25, -0.2) is 0 Å². The Morgan fingerprint density at radius 1 is 0.333 bits per heavy atom. The van der Waals surface area contributed by atoms with Crippen LogP contribution in [0.5, 0.6) is 0 Å². The molecule has 13 unspecified atom stereocenters. The van der Waals surface area contributed by atoms with Crippen LogP contribution >= 0.6 is 0 Å². The van der Waals surface area contributed by atoms with Crippen LogP contribution in [0.15, 0.2) is 0 Å². The maximum Gasteiger partial charge on any atom is 0.237 e. The molecule has 14 atom stereocenters. The van der Waals surface area contributed by atoms with Crippen molar-refractivity contribution < 1.29 is 129 Å². The van der Waals surface area contributed by atoms with E-state index < -0.39 is 105 Å². The lowest BCUT2D eigenvalue weighted by Crippen LogP contribution is -2.48. The minimum absolute atomic E-state index is 0.140. The number of nitrogens with one attached hydrogen (secondary N) is 2. The summed E-state index contributed by atoms with van der Waals surface area (Å²) in [6, 6.07) is -1.20. The Bertz CT molecular complexity index is 1170. The molecule has 0 heterocycles. The van der Waals surface area contributed by atoms with Crippen molar-refractivity contribution in [3.63, 3.8) is 0 Å². The fraction of sp³-hybridized carbons (Fsp3) is 0.975. The van der Waals surface area contributed by atoms with Crippen molar-refractivity contribution in [3.05, 3.63) is 0 Å². The van der Waals surface area contributed by atoms with Crippen LogP contribution in [0.2, 0.25) is 0 Å². The fourth-order valence-corrected chi connectivity index (χ4v) is 5.06. The molecule has 0 spiro atoms. The van der Waals surface area contributed by atoms with Gasteiger partial charge in [0.15, 0.2) is 0 Å². The molecule has 0 aliphatic rings. The van der Waals surface area contributed by atoms with Gasteiger partial charge in [-0.15, -0.1) is 0 Å². The zero-order valence-corrected chi connectivity index (χ0v) is 39.0. The molecule has 29 heteroatoms. The van der Waals surface area contributed by atoms with Crippen molar-refractivity contribution in [3.8, 4) is 0 Å². The van der Waals surface area contributed by atoms with Crippen LogP contribution in [0, 0.1) is 0 Å². The highest BCUT2D eigenvalue weighted by molar-refractivity contribution is 5.81. The zero-order valence-electron chi connectivity index (χ0n) is 39.0. The van der Waals surface area contributed by atoms with E-state index in [2.05, 4.69) is 10.6 Å². The zero-order chi connectivity index (χ0) is 51.8. The third kappa shape index (κ3) is 42.6. The fourth-order valence-electron chi connectivity index (χ4n) is 5.06. The summed E-state index contributed by atoms with van der Waals surface area (Å²) in [4.78, 5) is 12.4. The summed E-state index contributed by atoms with van der Waals surface area (Å²) in [7, 11) is 0. The summed E-state index contributed by atoms with van der Waals surface area (Å²) in [5.41, 5.74) is 5.84. The first-order chi connectivity index (χ1) is 32.8. The first kappa shape index (κ1) is 67.4. The SMILES string of the molecule is N[C@H](CC(O)NCC(O)COCC(O)COCC(O)COCC(O)COCC(O)COCC(O)CO)C(=O)NCC(O)COCC(O)COCC(O)COCC(O)COCC(O)COCC(O)CO. The number of nitrogens with two attached hydrogens (primary N) is 1. The molecule has 0 bridgehead atoms. The number of carbonyl (C=O) groups excluding carboxylic acids is 1. The molecule has 0 radical (unpaired) electrons. The third-order valence-electron chi connectivity index (χ3n) is 8.54. The van der Waals surface area contributed by atoms with E-state index >= 15 is 0 Å². The van der Waals surface area contributed by atoms with Gasteiger partial charge in [-0.3, -0.25) is 10.1 Å². The minimum Gasteiger partial charge on any atom is -0.394 e. The second-order valence-corrected chi connectivity index (χ2v) is 16.1. The van der Waals surface area contributed by atoms with Gasteiger partial charge in [0, 0.05) is 19.5 Å². The Kier molecular flexibility index (Phi) is 42.9. The van der Waals surface area contributed by atoms with E-state index in [0.717, 1.165) is 0 Å². The Morgan fingerprint density at radius 3 is 0.768 bits per heavy atom. The van der Waals surface area contributed by atoms with Crippen LogP contribution in [0.25, 0.3) is 0 Å². The van der Waals surface area contributed by atoms with Crippen LogP contribution < -0.4 is 16.4 Å². The summed E-state index contributed by atoms with van der Waals surface area (Å²) in [6.07, 6.45) is -14.5. The van der Waals surface area contributed by atoms with Gasteiger partial charge in [0.05, 0.1) is 164 Å². The predicted octanol–water partition coefficient (Wildman–Crippen LogP) is -10.8. The van der Waals surface area contributed by atoms with Gasteiger partial charge in [-0.2, -0.15) is 0 Å². The van der Waals surface area contributed by atoms with Gasteiger partial charge in [0.2, 0.25) is 5.91 Å². The molecular weight excluding hydrogens is 938 g/mol. The van der Waals surface area contributed by atoms with Crippen molar-refractivity contribution in [2.24, 2.45) is 5.73 Å². The first-order valence-electron chi connectivity index (χ1n) is 22.4. The van der Waals surface area contributed by atoms with Crippen LogP contribution in [-0.4, -0.2) is 326 Å². The quantitative estimate of drug-likeness (QED) is 0.0252. The standard InChI is InChI=1S/C40H83N3O26/c41-38(40(59)43-3-27(47)7-61-11-31(51)15-65-19-35(55)23-69-25-37(57)21-67-17-33(53)13-63-9-29(49)5-45)1-39(58)42-2-26(46)6-60-10-30(50)14-64-18-34(54)22-68-24-36(56)20-66-16-32(52)12-62-8-28(48)4-44/h26-39,42,44-58H,1-25,41H2,(H,43,59)/t26?,27?,28?,29?,30?,31?,32?,33?,34?,35?,36?,37?,38-,39?/m1/s1. The van der Waals surface area contributed by atoms with Crippen molar-refractivity contribution in [2.45, 2.75) is 91.9 Å². The van der Waals surface area contributed by atoms with Crippen molar-refractivity contribution >= 4 is 5.91 Å². The summed E-state index contributed by atoms with van der Waals surface area (Å²) < 4.78 is 51.7. The summed E-state index contributed by atoms with van der Waals surface area (Å²) in [6.45, 7) is -5.22. The largest absolute Gasteiger partial charge is 0.394 e. The van der Waals surface area contributed by atoms with Gasteiger partial charge in [0.1, 0.15) is 67.3 Å². The molecule has 0 aromatic rings. The smallest absolute Gasteiger partial charge is 0.237 e. The Hall–Kier alpha value is -1.61. The number of aliphatic hydroxyl groups excluding tert-OH is 15. The molecule has 19 N–H and O–H groups in total. The Balaban J connectivity index is 3.93. The molecule has 0 aromatic carbocycles. The summed E-state index contributed by atoms with van der Waals surface area (Å²) in [5.74, 6) is -0.694. The van der Waals surface area contributed by atoms with E-state index in [4.69, 9.17) is 63.3 Å². The maximum atomic E-state index is 12.4. The average Bonchev–Trinajstić information content (AvgIpc) is 3.29. The van der Waals surface area contributed by atoms with Crippen LogP contribution in [0.1, 0.15) is 6.42 Å². The average molecular weight is 1020 g/mol. The molecule has 0 aromatic heterocycles. The van der Waals surface area contributed by atoms with Gasteiger partial charge in [-0.1, -0.05) is 0 Å². The van der Waals surface area contributed by atoms with E-state index in [0.29, 0.717) is 0 Å². The van der Waals surface area contributed by atoms with E-state index in [-0.39, 0.29) is 152 Å². The predicted molar refractivity (Wildman–Crippen MR) is 234 cm³/mol. The summed E-state index contributed by atoms with van der Waals surface area (Å²) in [5, 5.41) is 151. The van der Waals surface area contributed by atoms with E-state index in [1.807, 2.05) is 0 Å². The van der Waals surface area contributed by atoms with Crippen molar-refractivity contribution in [2.75, 3.05) is 158 Å². The number of ether oxygens (including phenoxy) is 10. The van der Waals surface area contributed by atoms with Gasteiger partial charge in [0.25, 0.3) is 0 Å². The molecule has 414 valence electrons. The lowest BCUT2D eigenvalue weighted by molar-refractivity contribution is -0.124. The molecule has 29 nitrogen and oxygen atoms in total. The van der Waals surface area contributed by atoms with Crippen molar-refractivity contribution in [1.29, 1.82) is 0 Å².